The number of hydrogen-bond donors (Lipinski definition) is 0. The highest BCUT2D eigenvalue weighted by Crippen LogP contribution is 2.22. The maximum atomic E-state index is 10.5. The van der Waals surface area contributed by atoms with E-state index >= 15 is 0 Å². The monoisotopic (exact) mass is 163 g/mol. The second-order valence-electron chi connectivity index (χ2n) is 1.57. The summed E-state index contributed by atoms with van der Waals surface area (Å²) in [4.78, 5) is 10.5. The first kappa shape index (κ1) is 9.27. The molecule has 0 aliphatic rings. The van der Waals surface area contributed by atoms with E-state index in [9.17, 15) is 9.36 Å². The molecule has 0 aromatic carbocycles. The van der Waals surface area contributed by atoms with Crippen molar-refractivity contribution >= 4 is 14.2 Å². The first-order valence-electron chi connectivity index (χ1n) is 2.47. The van der Waals surface area contributed by atoms with Gasteiger partial charge in [0, 0.05) is 10.1 Å². The first-order chi connectivity index (χ1) is 4.57. The van der Waals surface area contributed by atoms with Crippen LogP contribution in [0.15, 0.2) is 12.2 Å². The van der Waals surface area contributed by atoms with Crippen molar-refractivity contribution in [2.75, 3.05) is 7.11 Å². The molecular weight excluding hydrogens is 155 g/mol. The minimum atomic E-state index is -2.31. The molecule has 0 N–H and O–H groups in total. The van der Waals surface area contributed by atoms with Crippen LogP contribution >= 0.6 is 8.25 Å². The summed E-state index contributed by atoms with van der Waals surface area (Å²) in [5.74, 6) is -0.706. The maximum absolute atomic E-state index is 10.5. The molecule has 0 saturated carbocycles. The van der Waals surface area contributed by atoms with E-state index in [1.54, 1.807) is 0 Å². The summed E-state index contributed by atoms with van der Waals surface area (Å²) in [6.45, 7) is 4.74. The molecule has 0 fully saturated rings. The zero-order valence-corrected chi connectivity index (χ0v) is 6.68. The first-order valence-corrected chi connectivity index (χ1v) is 3.56. The van der Waals surface area contributed by atoms with Crippen LogP contribution in [0.1, 0.15) is 6.92 Å². The van der Waals surface area contributed by atoms with Gasteiger partial charge in [-0.2, -0.15) is 4.52 Å². The number of carbonyl (C=O) groups is 1. The molecular formula is C5H8O4P+. The van der Waals surface area contributed by atoms with Crippen molar-refractivity contribution in [1.29, 1.82) is 0 Å². The van der Waals surface area contributed by atoms with Crippen LogP contribution in [0.2, 0.25) is 0 Å². The van der Waals surface area contributed by atoms with Crippen molar-refractivity contribution < 1.29 is 18.4 Å². The van der Waals surface area contributed by atoms with Gasteiger partial charge in [0.25, 0.3) is 0 Å². The standard InChI is InChI=1S/C5H8O4P/c1-4(2)5(6)9-10(7)8-3/h1H2,2-3H3/q+1. The van der Waals surface area contributed by atoms with Crippen LogP contribution < -0.4 is 0 Å². The molecule has 0 heterocycles. The quantitative estimate of drug-likeness (QED) is 0.466. The molecule has 1 atom stereocenters. The molecule has 1 unspecified atom stereocenters. The van der Waals surface area contributed by atoms with Crippen molar-refractivity contribution in [3.05, 3.63) is 12.2 Å². The Labute approximate surface area is 59.8 Å². The summed E-state index contributed by atoms with van der Waals surface area (Å²) in [6.07, 6.45) is 0. The number of hydrogen-bond acceptors (Lipinski definition) is 4. The van der Waals surface area contributed by atoms with E-state index in [0.29, 0.717) is 0 Å². The molecule has 56 valence electrons. The molecule has 5 heteroatoms. The third-order valence-corrected chi connectivity index (χ3v) is 1.27. The van der Waals surface area contributed by atoms with Crippen molar-refractivity contribution in [3.8, 4) is 0 Å². The summed E-state index contributed by atoms with van der Waals surface area (Å²) in [7, 11) is -1.13. The van der Waals surface area contributed by atoms with Gasteiger partial charge in [-0.15, -0.1) is 4.52 Å². The zero-order valence-electron chi connectivity index (χ0n) is 5.79. The predicted molar refractivity (Wildman–Crippen MR) is 35.5 cm³/mol. The van der Waals surface area contributed by atoms with Gasteiger partial charge < -0.3 is 0 Å². The molecule has 4 nitrogen and oxygen atoms in total. The Hall–Kier alpha value is -0.730. The van der Waals surface area contributed by atoms with Crippen LogP contribution in [-0.2, 0) is 18.4 Å². The van der Waals surface area contributed by atoms with Crippen molar-refractivity contribution in [2.24, 2.45) is 0 Å². The number of rotatable bonds is 3. The van der Waals surface area contributed by atoms with E-state index in [1.165, 1.54) is 14.0 Å². The van der Waals surface area contributed by atoms with Crippen LogP contribution in [-0.4, -0.2) is 13.1 Å². The molecule has 0 aromatic heterocycles. The third-order valence-electron chi connectivity index (χ3n) is 0.655. The minimum absolute atomic E-state index is 0.195. The summed E-state index contributed by atoms with van der Waals surface area (Å²) in [6, 6.07) is 0. The molecule has 0 aliphatic carbocycles. The molecule has 0 bridgehead atoms. The Morgan fingerprint density at radius 2 is 2.10 bits per heavy atom. The lowest BCUT2D eigenvalue weighted by atomic mass is 10.4. The Morgan fingerprint density at radius 3 is 2.40 bits per heavy atom. The summed E-state index contributed by atoms with van der Waals surface area (Å²) >= 11 is 0. The second kappa shape index (κ2) is 4.14. The average molecular weight is 163 g/mol. The summed E-state index contributed by atoms with van der Waals surface area (Å²) in [5, 5.41) is 0. The Kier molecular flexibility index (Phi) is 3.84. The molecule has 0 aliphatic heterocycles. The lowest BCUT2D eigenvalue weighted by Crippen LogP contribution is -1.98. The van der Waals surface area contributed by atoms with Crippen LogP contribution in [0.3, 0.4) is 0 Å². The Bertz CT molecular complexity index is 174. The lowest BCUT2D eigenvalue weighted by molar-refractivity contribution is -0.130. The van der Waals surface area contributed by atoms with Crippen molar-refractivity contribution in [1.82, 2.24) is 0 Å². The fourth-order valence-corrected chi connectivity index (χ4v) is 0.549. The second-order valence-corrected chi connectivity index (χ2v) is 2.56. The average Bonchev–Trinajstić information content (AvgIpc) is 1.87. The largest absolute Gasteiger partial charge is 0.753 e. The predicted octanol–water partition coefficient (Wildman–Crippen LogP) is 1.41. The van der Waals surface area contributed by atoms with Crippen molar-refractivity contribution in [2.45, 2.75) is 6.92 Å². The molecule has 0 amide bonds. The Balaban J connectivity index is 3.80. The fraction of sp³-hybridized carbons (Fsp3) is 0.400. The van der Waals surface area contributed by atoms with Crippen LogP contribution in [0.4, 0.5) is 0 Å². The van der Waals surface area contributed by atoms with E-state index < -0.39 is 14.2 Å². The van der Waals surface area contributed by atoms with E-state index in [1.807, 2.05) is 0 Å². The van der Waals surface area contributed by atoms with Crippen molar-refractivity contribution in [3.63, 3.8) is 0 Å². The van der Waals surface area contributed by atoms with Crippen LogP contribution in [0.25, 0.3) is 0 Å². The van der Waals surface area contributed by atoms with Gasteiger partial charge in [-0.3, -0.25) is 0 Å². The fourth-order valence-electron chi connectivity index (χ4n) is 0.183. The minimum Gasteiger partial charge on any atom is -0.241 e. The van der Waals surface area contributed by atoms with Gasteiger partial charge in [-0.1, -0.05) is 6.58 Å². The Morgan fingerprint density at radius 1 is 1.60 bits per heavy atom. The topological polar surface area (TPSA) is 52.6 Å². The van der Waals surface area contributed by atoms with E-state index in [2.05, 4.69) is 15.6 Å². The highest BCUT2D eigenvalue weighted by Gasteiger charge is 2.23. The molecule has 0 saturated heterocycles. The van der Waals surface area contributed by atoms with E-state index in [-0.39, 0.29) is 5.57 Å². The third kappa shape index (κ3) is 3.33. The molecule has 10 heavy (non-hydrogen) atoms. The van der Waals surface area contributed by atoms with Gasteiger partial charge in [0.2, 0.25) is 0 Å². The van der Waals surface area contributed by atoms with Crippen LogP contribution in [0, 0.1) is 0 Å². The SMILES string of the molecule is C=C(C)C(=O)O[P+](=O)OC. The molecule has 0 radical (unpaired) electrons. The molecule has 0 aromatic rings. The summed E-state index contributed by atoms with van der Waals surface area (Å²) < 4.78 is 18.8. The highest BCUT2D eigenvalue weighted by molar-refractivity contribution is 7.34. The normalized spacial score (nSPS) is 10.4. The summed E-state index contributed by atoms with van der Waals surface area (Å²) in [5.41, 5.74) is 0.195. The number of carbonyl (C=O) groups excluding carboxylic acids is 1. The van der Waals surface area contributed by atoms with Gasteiger partial charge in [0.15, 0.2) is 0 Å². The van der Waals surface area contributed by atoms with Crippen LogP contribution in [0.5, 0.6) is 0 Å². The van der Waals surface area contributed by atoms with Gasteiger partial charge >= 0.3 is 14.2 Å². The molecule has 0 spiro atoms. The zero-order chi connectivity index (χ0) is 8.15. The smallest absolute Gasteiger partial charge is 0.241 e. The maximum Gasteiger partial charge on any atom is 0.753 e. The highest BCUT2D eigenvalue weighted by atomic mass is 31.1. The van der Waals surface area contributed by atoms with E-state index in [4.69, 9.17) is 0 Å². The lowest BCUT2D eigenvalue weighted by Gasteiger charge is -1.85. The molecule has 0 rings (SSSR count). The van der Waals surface area contributed by atoms with Gasteiger partial charge in [0.05, 0.1) is 7.11 Å². The van der Waals surface area contributed by atoms with E-state index in [0.717, 1.165) is 0 Å². The van der Waals surface area contributed by atoms with Gasteiger partial charge in [0.1, 0.15) is 0 Å². The van der Waals surface area contributed by atoms with Gasteiger partial charge in [-0.25, -0.2) is 4.79 Å². The van der Waals surface area contributed by atoms with Gasteiger partial charge in [-0.05, 0) is 6.92 Å².